The molecule has 0 aliphatic rings. The second-order valence-corrected chi connectivity index (χ2v) is 3.56. The molecular formula is C11H4N3S. The van der Waals surface area contributed by atoms with Gasteiger partial charge in [-0.25, -0.2) is 4.98 Å². The highest BCUT2D eigenvalue weighted by Gasteiger charge is 2.10. The molecule has 15 heavy (non-hydrogen) atoms. The Labute approximate surface area is 90.9 Å². The molecule has 0 unspecified atom stereocenters. The molecule has 0 bridgehead atoms. The average Bonchev–Trinajstić information content (AvgIpc) is 2.81. The van der Waals surface area contributed by atoms with Crippen LogP contribution in [-0.4, -0.2) is 4.98 Å². The Morgan fingerprint density at radius 1 is 1.27 bits per heavy atom. The number of rotatable bonds is 1. The van der Waals surface area contributed by atoms with Crippen LogP contribution in [0.4, 0.5) is 0 Å². The summed E-state index contributed by atoms with van der Waals surface area (Å²) in [4.78, 5) is 4.07. The number of hydrogen-bond acceptors (Lipinski definition) is 4. The van der Waals surface area contributed by atoms with E-state index in [0.29, 0.717) is 21.7 Å². The van der Waals surface area contributed by atoms with Crippen LogP contribution in [0.1, 0.15) is 11.1 Å². The van der Waals surface area contributed by atoms with E-state index in [9.17, 15) is 0 Å². The smallest absolute Gasteiger partial charge is 0.125 e. The van der Waals surface area contributed by atoms with Gasteiger partial charge in [0.05, 0.1) is 16.5 Å². The van der Waals surface area contributed by atoms with E-state index in [1.165, 1.54) is 11.3 Å². The van der Waals surface area contributed by atoms with Crippen LogP contribution >= 0.6 is 11.3 Å². The lowest BCUT2D eigenvalue weighted by Gasteiger charge is -2.00. The molecule has 0 aliphatic heterocycles. The quantitative estimate of drug-likeness (QED) is 0.725. The van der Waals surface area contributed by atoms with Crippen molar-refractivity contribution in [2.24, 2.45) is 0 Å². The molecule has 0 spiro atoms. The van der Waals surface area contributed by atoms with Crippen LogP contribution in [0.25, 0.3) is 10.6 Å². The summed E-state index contributed by atoms with van der Waals surface area (Å²) in [6, 6.07) is 9.18. The van der Waals surface area contributed by atoms with E-state index in [1.54, 1.807) is 24.4 Å². The number of nitriles is 2. The normalized spacial score (nSPS) is 9.20. The third-order valence-corrected chi connectivity index (χ3v) is 2.66. The lowest BCUT2D eigenvalue weighted by Crippen LogP contribution is -1.88. The van der Waals surface area contributed by atoms with Gasteiger partial charge in [-0.2, -0.15) is 10.5 Å². The molecule has 1 heterocycles. The summed E-state index contributed by atoms with van der Waals surface area (Å²) in [6.07, 6.45) is 1.56. The van der Waals surface area contributed by atoms with Crippen LogP contribution in [0.2, 0.25) is 0 Å². The van der Waals surface area contributed by atoms with Gasteiger partial charge in [0, 0.05) is 11.8 Å². The zero-order valence-corrected chi connectivity index (χ0v) is 8.38. The Bertz CT molecular complexity index is 559. The highest BCUT2D eigenvalue weighted by Crippen LogP contribution is 2.26. The van der Waals surface area contributed by atoms with Crippen molar-refractivity contribution in [3.63, 3.8) is 0 Å². The Morgan fingerprint density at radius 3 is 2.73 bits per heavy atom. The Kier molecular flexibility index (Phi) is 2.45. The summed E-state index contributed by atoms with van der Waals surface area (Å²) in [7, 11) is 0. The van der Waals surface area contributed by atoms with E-state index in [4.69, 9.17) is 10.5 Å². The summed E-state index contributed by atoms with van der Waals surface area (Å²) in [5.74, 6) is 0. The first kappa shape index (κ1) is 9.39. The minimum atomic E-state index is 0.378. The molecule has 69 valence electrons. The average molecular weight is 210 g/mol. The molecule has 4 heteroatoms. The predicted octanol–water partition coefficient (Wildman–Crippen LogP) is 2.35. The summed E-state index contributed by atoms with van der Waals surface area (Å²) in [5.41, 5.74) is 1.45. The monoisotopic (exact) mass is 210 g/mol. The van der Waals surface area contributed by atoms with Crippen molar-refractivity contribution in [1.29, 1.82) is 10.5 Å². The van der Waals surface area contributed by atoms with Gasteiger partial charge in [-0.3, -0.25) is 0 Å². The maximum Gasteiger partial charge on any atom is 0.125 e. The van der Waals surface area contributed by atoms with Gasteiger partial charge in [0.15, 0.2) is 0 Å². The van der Waals surface area contributed by atoms with E-state index in [0.717, 1.165) is 0 Å². The van der Waals surface area contributed by atoms with Crippen molar-refractivity contribution in [3.8, 4) is 22.7 Å². The molecule has 1 aromatic heterocycles. The van der Waals surface area contributed by atoms with Gasteiger partial charge in [0.1, 0.15) is 17.1 Å². The molecule has 0 atom stereocenters. The highest BCUT2D eigenvalue weighted by molar-refractivity contribution is 7.12. The standard InChI is InChI=1S/C11H4N3S/c12-6-8-2-1-3-9(10(8)7-13)11-14-4-5-15-11/h1-4H. The third-order valence-electron chi connectivity index (χ3n) is 1.92. The minimum absolute atomic E-state index is 0.378. The number of aromatic nitrogens is 1. The molecule has 1 aromatic carbocycles. The first-order chi connectivity index (χ1) is 7.36. The SMILES string of the molecule is N#Cc1cccc(-c2nc[c]s2)c1C#N. The molecule has 0 fully saturated rings. The van der Waals surface area contributed by atoms with Gasteiger partial charge >= 0.3 is 0 Å². The summed E-state index contributed by atoms with van der Waals surface area (Å²) >= 11 is 1.33. The molecular weight excluding hydrogens is 206 g/mol. The van der Waals surface area contributed by atoms with Crippen molar-refractivity contribution in [2.45, 2.75) is 0 Å². The van der Waals surface area contributed by atoms with Gasteiger partial charge in [0.25, 0.3) is 0 Å². The molecule has 0 amide bonds. The van der Waals surface area contributed by atoms with Gasteiger partial charge in [-0.15, -0.1) is 11.3 Å². The van der Waals surface area contributed by atoms with Crippen molar-refractivity contribution in [2.75, 3.05) is 0 Å². The summed E-state index contributed by atoms with van der Waals surface area (Å²) < 4.78 is 0. The number of thiazole rings is 1. The van der Waals surface area contributed by atoms with Crippen LogP contribution < -0.4 is 0 Å². The number of nitrogens with zero attached hydrogens (tertiary/aromatic N) is 3. The second-order valence-electron chi connectivity index (χ2n) is 2.74. The summed E-state index contributed by atoms with van der Waals surface area (Å²) in [6.45, 7) is 0. The highest BCUT2D eigenvalue weighted by atomic mass is 32.1. The molecule has 1 radical (unpaired) electrons. The van der Waals surface area contributed by atoms with Gasteiger partial charge in [-0.05, 0) is 6.07 Å². The maximum absolute atomic E-state index is 8.99. The lowest BCUT2D eigenvalue weighted by molar-refractivity contribution is 1.38. The predicted molar refractivity (Wildman–Crippen MR) is 55.8 cm³/mol. The topological polar surface area (TPSA) is 60.5 Å². The fourth-order valence-corrected chi connectivity index (χ4v) is 1.86. The molecule has 2 rings (SSSR count). The second kappa shape index (κ2) is 3.91. The van der Waals surface area contributed by atoms with E-state index >= 15 is 0 Å². The zero-order valence-electron chi connectivity index (χ0n) is 7.56. The summed E-state index contributed by atoms with van der Waals surface area (Å²) in [5, 5.41) is 21.4. The van der Waals surface area contributed by atoms with E-state index in [-0.39, 0.29) is 0 Å². The molecule has 0 saturated heterocycles. The first-order valence-corrected chi connectivity index (χ1v) is 4.94. The largest absolute Gasteiger partial charge is 0.244 e. The van der Waals surface area contributed by atoms with Crippen molar-refractivity contribution < 1.29 is 0 Å². The first-order valence-electron chi connectivity index (χ1n) is 4.12. The van der Waals surface area contributed by atoms with Crippen molar-refractivity contribution in [1.82, 2.24) is 4.98 Å². The van der Waals surface area contributed by atoms with E-state index in [2.05, 4.69) is 10.4 Å². The van der Waals surface area contributed by atoms with Crippen LogP contribution in [0.3, 0.4) is 0 Å². The number of benzene rings is 1. The Hall–Kier alpha value is -2.17. The molecule has 0 aliphatic carbocycles. The zero-order chi connectivity index (χ0) is 10.7. The Balaban J connectivity index is 2.70. The van der Waals surface area contributed by atoms with Gasteiger partial charge in [-0.1, -0.05) is 12.1 Å². The van der Waals surface area contributed by atoms with Crippen LogP contribution in [-0.2, 0) is 0 Å². The van der Waals surface area contributed by atoms with E-state index < -0.39 is 0 Å². The third kappa shape index (κ3) is 1.59. The van der Waals surface area contributed by atoms with Crippen LogP contribution in [0.15, 0.2) is 24.4 Å². The molecule has 0 saturated carbocycles. The number of hydrogen-bond donors (Lipinski definition) is 0. The fraction of sp³-hybridized carbons (Fsp3) is 0. The van der Waals surface area contributed by atoms with Crippen molar-refractivity contribution >= 4 is 11.3 Å². The Morgan fingerprint density at radius 2 is 2.13 bits per heavy atom. The van der Waals surface area contributed by atoms with Crippen LogP contribution in [0, 0.1) is 28.0 Å². The minimum Gasteiger partial charge on any atom is -0.244 e. The molecule has 0 N–H and O–H groups in total. The lowest BCUT2D eigenvalue weighted by atomic mass is 10.0. The molecule has 2 aromatic rings. The van der Waals surface area contributed by atoms with Crippen LogP contribution in [0.5, 0.6) is 0 Å². The fourth-order valence-electron chi connectivity index (χ4n) is 1.26. The van der Waals surface area contributed by atoms with E-state index in [1.807, 2.05) is 12.1 Å². The van der Waals surface area contributed by atoms with Crippen molar-refractivity contribution in [3.05, 3.63) is 40.9 Å². The van der Waals surface area contributed by atoms with Gasteiger partial charge in [0.2, 0.25) is 0 Å². The van der Waals surface area contributed by atoms with Gasteiger partial charge < -0.3 is 0 Å². The maximum atomic E-state index is 8.99. The molecule has 3 nitrogen and oxygen atoms in total.